The number of nitrogens with zero attached hydrogens (tertiary/aromatic N) is 2. The second-order valence-corrected chi connectivity index (χ2v) is 5.13. The maximum absolute atomic E-state index is 11.2. The highest BCUT2D eigenvalue weighted by Crippen LogP contribution is 2.33. The summed E-state index contributed by atoms with van der Waals surface area (Å²) in [5.41, 5.74) is 2.68. The summed E-state index contributed by atoms with van der Waals surface area (Å²) in [6.07, 6.45) is 1.29. The largest absolute Gasteiger partial charge is 0.493 e. The lowest BCUT2D eigenvalue weighted by Crippen LogP contribution is -2.40. The van der Waals surface area contributed by atoms with Gasteiger partial charge in [-0.2, -0.15) is 5.10 Å². The van der Waals surface area contributed by atoms with Gasteiger partial charge in [-0.3, -0.25) is 15.5 Å². The number of hydrogen-bond donors (Lipinski definition) is 2. The van der Waals surface area contributed by atoms with Crippen LogP contribution in [0, 0.1) is 10.1 Å². The minimum atomic E-state index is -0.527. The van der Waals surface area contributed by atoms with Gasteiger partial charge < -0.3 is 19.5 Å². The van der Waals surface area contributed by atoms with E-state index < -0.39 is 4.92 Å². The number of methoxy groups -OCH3 is 3. The van der Waals surface area contributed by atoms with Gasteiger partial charge in [0.2, 0.25) is 0 Å². The smallest absolute Gasteiger partial charge is 0.282 e. The summed E-state index contributed by atoms with van der Waals surface area (Å²) >= 11 is 5.06. The van der Waals surface area contributed by atoms with Crippen molar-refractivity contribution in [1.82, 2.24) is 10.7 Å². The molecule has 0 radical (unpaired) electrons. The van der Waals surface area contributed by atoms with E-state index in [1.54, 1.807) is 7.11 Å². The van der Waals surface area contributed by atoms with E-state index in [0.717, 1.165) is 0 Å². The van der Waals surface area contributed by atoms with Crippen LogP contribution in [-0.4, -0.2) is 50.2 Å². The van der Waals surface area contributed by atoms with Crippen molar-refractivity contribution in [3.05, 3.63) is 27.8 Å². The van der Waals surface area contributed by atoms with Crippen LogP contribution in [0.3, 0.4) is 0 Å². The Morgan fingerprint density at radius 2 is 2.00 bits per heavy atom. The molecule has 1 rings (SSSR count). The van der Waals surface area contributed by atoms with E-state index in [-0.39, 0.29) is 28.2 Å². The highest BCUT2D eigenvalue weighted by molar-refractivity contribution is 7.80. The van der Waals surface area contributed by atoms with Gasteiger partial charge in [0.1, 0.15) is 0 Å². The fraction of sp³-hybridized carbons (Fsp3) is 0.429. The molecule has 0 aliphatic rings. The molecule has 0 bridgehead atoms. The predicted octanol–water partition coefficient (Wildman–Crippen LogP) is 1.44. The van der Waals surface area contributed by atoms with E-state index in [2.05, 4.69) is 15.8 Å². The van der Waals surface area contributed by atoms with Crippen molar-refractivity contribution in [1.29, 1.82) is 0 Å². The molecule has 0 aromatic heterocycles. The Balaban J connectivity index is 2.89. The topological polar surface area (TPSA) is 107 Å². The van der Waals surface area contributed by atoms with E-state index in [1.165, 1.54) is 32.6 Å². The van der Waals surface area contributed by atoms with Gasteiger partial charge in [-0.05, 0) is 25.2 Å². The molecule has 0 spiro atoms. The number of rotatable bonds is 8. The normalized spacial score (nSPS) is 11.8. The summed E-state index contributed by atoms with van der Waals surface area (Å²) in [6.45, 7) is 2.37. The molecule has 2 N–H and O–H groups in total. The van der Waals surface area contributed by atoms with Crippen LogP contribution >= 0.6 is 12.2 Å². The Bertz CT molecular complexity index is 623. The first-order valence-electron chi connectivity index (χ1n) is 6.91. The molecule has 0 amide bonds. The van der Waals surface area contributed by atoms with E-state index in [4.69, 9.17) is 26.4 Å². The second-order valence-electron chi connectivity index (χ2n) is 4.72. The van der Waals surface area contributed by atoms with Crippen LogP contribution in [0.2, 0.25) is 0 Å². The molecule has 0 saturated carbocycles. The number of hydrogen-bond acceptors (Lipinski definition) is 7. The first-order chi connectivity index (χ1) is 11.4. The maximum atomic E-state index is 11.2. The average Bonchev–Trinajstić information content (AvgIpc) is 2.54. The van der Waals surface area contributed by atoms with Crippen molar-refractivity contribution >= 4 is 29.2 Å². The van der Waals surface area contributed by atoms with Crippen molar-refractivity contribution in [2.75, 3.05) is 27.9 Å². The molecular weight excluding hydrogens is 336 g/mol. The minimum Gasteiger partial charge on any atom is -0.493 e. The molecule has 9 nitrogen and oxygen atoms in total. The van der Waals surface area contributed by atoms with Crippen LogP contribution < -0.4 is 20.2 Å². The summed E-state index contributed by atoms with van der Waals surface area (Å²) in [5, 5.41) is 18.3. The number of hydrazone groups is 1. The summed E-state index contributed by atoms with van der Waals surface area (Å²) < 4.78 is 15.2. The minimum absolute atomic E-state index is 0.000571. The summed E-state index contributed by atoms with van der Waals surface area (Å²) in [4.78, 5) is 10.7. The van der Waals surface area contributed by atoms with Gasteiger partial charge in [-0.1, -0.05) is 0 Å². The van der Waals surface area contributed by atoms with Gasteiger partial charge in [-0.15, -0.1) is 0 Å². The summed E-state index contributed by atoms with van der Waals surface area (Å²) in [7, 11) is 4.43. The van der Waals surface area contributed by atoms with Crippen LogP contribution in [0.15, 0.2) is 17.2 Å². The highest BCUT2D eigenvalue weighted by atomic mass is 32.1. The van der Waals surface area contributed by atoms with Gasteiger partial charge in [0, 0.05) is 13.2 Å². The Morgan fingerprint density at radius 3 is 2.54 bits per heavy atom. The van der Waals surface area contributed by atoms with Crippen LogP contribution in [0.5, 0.6) is 11.5 Å². The first kappa shape index (κ1) is 19.6. The molecule has 0 unspecified atom stereocenters. The van der Waals surface area contributed by atoms with Crippen LogP contribution in [0.25, 0.3) is 0 Å². The summed E-state index contributed by atoms with van der Waals surface area (Å²) in [5.74, 6) is 0.624. The fourth-order valence-electron chi connectivity index (χ4n) is 1.85. The zero-order chi connectivity index (χ0) is 18.1. The van der Waals surface area contributed by atoms with Crippen molar-refractivity contribution in [3.8, 4) is 11.5 Å². The predicted molar refractivity (Wildman–Crippen MR) is 94.0 cm³/mol. The Labute approximate surface area is 145 Å². The monoisotopic (exact) mass is 356 g/mol. The first-order valence-corrected chi connectivity index (χ1v) is 7.32. The van der Waals surface area contributed by atoms with E-state index >= 15 is 0 Å². The molecule has 1 aromatic rings. The van der Waals surface area contributed by atoms with Crippen molar-refractivity contribution < 1.29 is 19.1 Å². The molecule has 1 aromatic carbocycles. The SMILES string of the molecule is COC[C@H](C)NC(=S)N/N=C\c1cc(OC)c(OC)cc1[N+](=O)[O-]. The van der Waals surface area contributed by atoms with Crippen LogP contribution in [-0.2, 0) is 4.74 Å². The van der Waals surface area contributed by atoms with Gasteiger partial charge in [0.25, 0.3) is 5.69 Å². The third kappa shape index (κ3) is 5.63. The van der Waals surface area contributed by atoms with Gasteiger partial charge in [0.15, 0.2) is 16.6 Å². The van der Waals surface area contributed by atoms with Crippen molar-refractivity contribution in [3.63, 3.8) is 0 Å². The third-order valence-electron chi connectivity index (χ3n) is 2.89. The average molecular weight is 356 g/mol. The summed E-state index contributed by atoms with van der Waals surface area (Å²) in [6, 6.07) is 2.74. The quantitative estimate of drug-likeness (QED) is 0.312. The van der Waals surface area contributed by atoms with Crippen LogP contribution in [0.4, 0.5) is 5.69 Å². The maximum Gasteiger partial charge on any atom is 0.282 e. The van der Waals surface area contributed by atoms with Crippen molar-refractivity contribution in [2.45, 2.75) is 13.0 Å². The van der Waals surface area contributed by atoms with Gasteiger partial charge in [-0.25, -0.2) is 0 Å². The molecule has 0 aliphatic carbocycles. The molecule has 10 heteroatoms. The van der Waals surface area contributed by atoms with E-state index in [0.29, 0.717) is 12.4 Å². The molecule has 0 saturated heterocycles. The molecule has 0 aliphatic heterocycles. The van der Waals surface area contributed by atoms with Crippen LogP contribution in [0.1, 0.15) is 12.5 Å². The lowest BCUT2D eigenvalue weighted by Gasteiger charge is -2.13. The number of nitro benzene ring substituents is 1. The third-order valence-corrected chi connectivity index (χ3v) is 3.10. The number of thiocarbonyl (C=S) groups is 1. The lowest BCUT2D eigenvalue weighted by atomic mass is 10.1. The number of nitro groups is 1. The zero-order valence-electron chi connectivity index (χ0n) is 13.9. The number of benzene rings is 1. The van der Waals surface area contributed by atoms with Gasteiger partial charge >= 0.3 is 0 Å². The zero-order valence-corrected chi connectivity index (χ0v) is 14.7. The molecular formula is C14H20N4O5S. The van der Waals surface area contributed by atoms with Crippen molar-refractivity contribution in [2.24, 2.45) is 5.10 Å². The molecule has 24 heavy (non-hydrogen) atoms. The Hall–Kier alpha value is -2.46. The second kappa shape index (κ2) is 9.63. The Morgan fingerprint density at radius 1 is 1.38 bits per heavy atom. The fourth-order valence-corrected chi connectivity index (χ4v) is 2.11. The highest BCUT2D eigenvalue weighted by Gasteiger charge is 2.18. The van der Waals surface area contributed by atoms with E-state index in [1.807, 2.05) is 6.92 Å². The molecule has 132 valence electrons. The number of nitrogens with one attached hydrogen (secondary N) is 2. The standard InChI is InChI=1S/C14H20N4O5S/c1-9(8-21-2)16-14(24)17-15-7-10-5-12(22-3)13(23-4)6-11(10)18(19)20/h5-7,9H,8H2,1-4H3,(H2,16,17,24)/b15-7-/t9-/m0/s1. The van der Waals surface area contributed by atoms with E-state index in [9.17, 15) is 10.1 Å². The Kier molecular flexibility index (Phi) is 7.86. The molecule has 1 atom stereocenters. The lowest BCUT2D eigenvalue weighted by molar-refractivity contribution is -0.385. The molecule has 0 heterocycles. The molecule has 0 fully saturated rings. The number of ether oxygens (including phenoxy) is 3. The van der Waals surface area contributed by atoms with Gasteiger partial charge in [0.05, 0.1) is 43.6 Å².